The largest absolute Gasteiger partial charge is 0.465 e. The lowest BCUT2D eigenvalue weighted by Gasteiger charge is -2.58. The van der Waals surface area contributed by atoms with Crippen molar-refractivity contribution in [3.8, 4) is 0 Å². The smallest absolute Gasteiger partial charge is 0.377 e. The molecule has 17 heavy (non-hydrogen) atoms. The third kappa shape index (κ3) is 1.45. The van der Waals surface area contributed by atoms with Crippen molar-refractivity contribution in [1.29, 1.82) is 0 Å². The number of hydrogen-bond donors (Lipinski definition) is 0. The number of halogens is 2. The number of esters is 1. The van der Waals surface area contributed by atoms with Crippen molar-refractivity contribution < 1.29 is 18.3 Å². The van der Waals surface area contributed by atoms with Gasteiger partial charge < -0.3 is 4.74 Å². The Hall–Kier alpha value is -0.670. The van der Waals surface area contributed by atoms with E-state index in [-0.39, 0.29) is 0 Å². The van der Waals surface area contributed by atoms with Crippen molar-refractivity contribution in [1.82, 2.24) is 0 Å². The molecule has 0 N–H and O–H groups in total. The summed E-state index contributed by atoms with van der Waals surface area (Å²) in [5.41, 5.74) is -1.09. The van der Waals surface area contributed by atoms with Crippen LogP contribution in [0.2, 0.25) is 0 Å². The van der Waals surface area contributed by atoms with Gasteiger partial charge in [-0.05, 0) is 56.3 Å². The molecule has 0 amide bonds. The Kier molecular flexibility index (Phi) is 2.30. The van der Waals surface area contributed by atoms with Gasteiger partial charge in [-0.25, -0.2) is 4.79 Å². The van der Waals surface area contributed by atoms with Crippen LogP contribution in [0.1, 0.15) is 38.5 Å². The van der Waals surface area contributed by atoms with E-state index in [9.17, 15) is 13.6 Å². The van der Waals surface area contributed by atoms with Gasteiger partial charge in [-0.2, -0.15) is 8.78 Å². The summed E-state index contributed by atoms with van der Waals surface area (Å²) in [4.78, 5) is 11.4. The third-order valence-corrected chi connectivity index (χ3v) is 5.15. The third-order valence-electron chi connectivity index (χ3n) is 5.15. The van der Waals surface area contributed by atoms with E-state index in [1.165, 1.54) is 0 Å². The lowest BCUT2D eigenvalue weighted by atomic mass is 9.48. The lowest BCUT2D eigenvalue weighted by molar-refractivity contribution is -0.222. The van der Waals surface area contributed by atoms with E-state index in [1.807, 2.05) is 0 Å². The van der Waals surface area contributed by atoms with Crippen molar-refractivity contribution in [3.05, 3.63) is 0 Å². The zero-order valence-corrected chi connectivity index (χ0v) is 10.0. The fourth-order valence-corrected chi connectivity index (χ4v) is 4.84. The zero-order valence-electron chi connectivity index (χ0n) is 10.0. The first kappa shape index (κ1) is 11.4. The van der Waals surface area contributed by atoms with Gasteiger partial charge in [-0.3, -0.25) is 0 Å². The van der Waals surface area contributed by atoms with Gasteiger partial charge in [0.05, 0.1) is 7.11 Å². The quantitative estimate of drug-likeness (QED) is 0.698. The molecule has 0 aromatic carbocycles. The molecule has 0 spiro atoms. The normalized spacial score (nSPS) is 43.8. The van der Waals surface area contributed by atoms with Crippen LogP contribution in [0.5, 0.6) is 0 Å². The summed E-state index contributed by atoms with van der Waals surface area (Å²) < 4.78 is 32.9. The summed E-state index contributed by atoms with van der Waals surface area (Å²) in [6.07, 6.45) is 4.83. The topological polar surface area (TPSA) is 26.3 Å². The molecule has 0 aromatic rings. The molecule has 0 aromatic heterocycles. The average Bonchev–Trinajstić information content (AvgIpc) is 2.25. The minimum Gasteiger partial charge on any atom is -0.465 e. The molecule has 4 rings (SSSR count). The van der Waals surface area contributed by atoms with Gasteiger partial charge >= 0.3 is 11.9 Å². The van der Waals surface area contributed by atoms with Crippen LogP contribution in [0.3, 0.4) is 0 Å². The molecule has 2 nitrogen and oxygen atoms in total. The van der Waals surface area contributed by atoms with Crippen molar-refractivity contribution in [2.45, 2.75) is 44.4 Å². The van der Waals surface area contributed by atoms with Crippen LogP contribution >= 0.6 is 0 Å². The van der Waals surface area contributed by atoms with E-state index in [1.54, 1.807) is 0 Å². The number of methoxy groups -OCH3 is 1. The Balaban J connectivity index is 1.93. The maximum atomic E-state index is 14.3. The van der Waals surface area contributed by atoms with Gasteiger partial charge in [0, 0.05) is 5.41 Å². The highest BCUT2D eigenvalue weighted by molar-refractivity contribution is 5.78. The van der Waals surface area contributed by atoms with E-state index in [4.69, 9.17) is 0 Å². The van der Waals surface area contributed by atoms with Gasteiger partial charge in [0.1, 0.15) is 0 Å². The van der Waals surface area contributed by atoms with Gasteiger partial charge in [-0.1, -0.05) is 0 Å². The average molecular weight is 244 g/mol. The number of hydrogen-bond acceptors (Lipinski definition) is 2. The Morgan fingerprint density at radius 2 is 1.53 bits per heavy atom. The second-order valence-corrected chi connectivity index (χ2v) is 6.26. The monoisotopic (exact) mass is 244 g/mol. The minimum atomic E-state index is -3.29. The van der Waals surface area contributed by atoms with Crippen molar-refractivity contribution in [3.63, 3.8) is 0 Å². The maximum absolute atomic E-state index is 14.3. The summed E-state index contributed by atoms with van der Waals surface area (Å²) in [6.45, 7) is 0. The molecule has 4 fully saturated rings. The molecular formula is C13H18F2O2. The maximum Gasteiger partial charge on any atom is 0.377 e. The van der Waals surface area contributed by atoms with E-state index in [2.05, 4.69) is 4.74 Å². The Morgan fingerprint density at radius 3 is 1.88 bits per heavy atom. The van der Waals surface area contributed by atoms with Crippen LogP contribution in [0, 0.1) is 23.2 Å². The van der Waals surface area contributed by atoms with Crippen LogP contribution in [0.4, 0.5) is 8.78 Å². The van der Waals surface area contributed by atoms with Gasteiger partial charge in [0.15, 0.2) is 0 Å². The van der Waals surface area contributed by atoms with Crippen LogP contribution in [0.25, 0.3) is 0 Å². The first-order chi connectivity index (χ1) is 7.97. The fourth-order valence-electron chi connectivity index (χ4n) is 4.84. The second kappa shape index (κ2) is 3.42. The van der Waals surface area contributed by atoms with Crippen molar-refractivity contribution in [2.75, 3.05) is 7.11 Å². The molecule has 0 heterocycles. The van der Waals surface area contributed by atoms with Crippen molar-refractivity contribution >= 4 is 5.97 Å². The number of rotatable bonds is 2. The lowest BCUT2D eigenvalue weighted by Crippen LogP contribution is -2.57. The molecule has 4 bridgehead atoms. The summed E-state index contributed by atoms with van der Waals surface area (Å²) in [5.74, 6) is -3.39. The van der Waals surface area contributed by atoms with Gasteiger partial charge in [0.25, 0.3) is 0 Å². The molecule has 4 saturated carbocycles. The first-order valence-corrected chi connectivity index (χ1v) is 6.43. The molecule has 4 aliphatic carbocycles. The fraction of sp³-hybridized carbons (Fsp3) is 0.923. The predicted molar refractivity (Wildman–Crippen MR) is 57.6 cm³/mol. The predicted octanol–water partition coefficient (Wildman–Crippen LogP) is 3.01. The van der Waals surface area contributed by atoms with Gasteiger partial charge in [-0.15, -0.1) is 0 Å². The number of ether oxygens (including phenoxy) is 1. The number of alkyl halides is 2. The molecule has 0 atom stereocenters. The Bertz CT molecular complexity index is 316. The molecule has 0 saturated heterocycles. The first-order valence-electron chi connectivity index (χ1n) is 6.43. The molecule has 0 radical (unpaired) electrons. The number of carbonyl (C=O) groups is 1. The van der Waals surface area contributed by atoms with E-state index in [0.717, 1.165) is 26.4 Å². The SMILES string of the molecule is COC(=O)C(F)(F)C12CC3CC(CC(C3)C1)C2. The number of carbonyl (C=O) groups excluding carboxylic acids is 1. The van der Waals surface area contributed by atoms with Crippen LogP contribution in [-0.4, -0.2) is 19.0 Å². The van der Waals surface area contributed by atoms with Crippen molar-refractivity contribution in [2.24, 2.45) is 23.2 Å². The van der Waals surface area contributed by atoms with Gasteiger partial charge in [0.2, 0.25) is 0 Å². The van der Waals surface area contributed by atoms with E-state index in [0.29, 0.717) is 37.0 Å². The highest BCUT2D eigenvalue weighted by atomic mass is 19.3. The summed E-state index contributed by atoms with van der Waals surface area (Å²) in [7, 11) is 1.05. The Morgan fingerprint density at radius 1 is 1.12 bits per heavy atom. The molecule has 96 valence electrons. The molecule has 0 aliphatic heterocycles. The van der Waals surface area contributed by atoms with E-state index < -0.39 is 17.3 Å². The molecule has 4 aliphatic rings. The van der Waals surface area contributed by atoms with Crippen LogP contribution in [-0.2, 0) is 9.53 Å². The minimum absolute atomic E-state index is 0.414. The summed E-state index contributed by atoms with van der Waals surface area (Å²) in [6, 6.07) is 0. The van der Waals surface area contributed by atoms with Crippen LogP contribution < -0.4 is 0 Å². The molecule has 0 unspecified atom stereocenters. The second-order valence-electron chi connectivity index (χ2n) is 6.26. The highest BCUT2D eigenvalue weighted by Crippen LogP contribution is 2.65. The van der Waals surface area contributed by atoms with Crippen LogP contribution in [0.15, 0.2) is 0 Å². The highest BCUT2D eigenvalue weighted by Gasteiger charge is 2.66. The summed E-state index contributed by atoms with van der Waals surface area (Å²) >= 11 is 0. The Labute approximate surface area is 99.7 Å². The molecule has 4 heteroatoms. The summed E-state index contributed by atoms with van der Waals surface area (Å²) in [5, 5.41) is 0. The zero-order chi connectivity index (χ0) is 12.3. The van der Waals surface area contributed by atoms with E-state index >= 15 is 0 Å². The molecular weight excluding hydrogens is 226 g/mol. The standard InChI is InChI=1S/C13H18F2O2/c1-17-11(16)13(14,15)12-5-8-2-9(6-12)4-10(3-8)7-12/h8-10H,2-7H2,1H3.